The molecule has 0 atom stereocenters. The van der Waals surface area contributed by atoms with E-state index in [9.17, 15) is 9.59 Å². The maximum absolute atomic E-state index is 11.9. The van der Waals surface area contributed by atoms with Gasteiger partial charge in [0.15, 0.2) is 0 Å². The van der Waals surface area contributed by atoms with Crippen molar-refractivity contribution in [3.8, 4) is 0 Å². The number of hydrazone groups is 2. The minimum absolute atomic E-state index is 0.282. The fourth-order valence-electron chi connectivity index (χ4n) is 2.16. The summed E-state index contributed by atoms with van der Waals surface area (Å²) in [5.41, 5.74) is 6.89. The summed E-state index contributed by atoms with van der Waals surface area (Å²) in [6.07, 6.45) is 6.08. The summed E-state index contributed by atoms with van der Waals surface area (Å²) >= 11 is 0. The van der Waals surface area contributed by atoms with Gasteiger partial charge in [-0.25, -0.2) is 10.9 Å². The van der Waals surface area contributed by atoms with Crippen molar-refractivity contribution in [3.05, 3.63) is 95.6 Å². The number of pyridine rings is 2. The molecule has 0 bridgehead atoms. The van der Waals surface area contributed by atoms with Gasteiger partial charge in [-0.3, -0.25) is 19.6 Å². The lowest BCUT2D eigenvalue weighted by Gasteiger charge is -2.00. The summed E-state index contributed by atoms with van der Waals surface area (Å²) in [5, 5.41) is 7.84. The Hall–Kier alpha value is -4.20. The number of nitrogens with one attached hydrogen (secondary N) is 2. The SMILES string of the molecule is O=C(N/N=C/c1cccc(/C=N/NC(=O)c2ccccn2)c1)c1ccccn1. The first-order valence-electron chi connectivity index (χ1n) is 8.31. The largest absolute Gasteiger partial charge is 0.289 e. The molecule has 0 spiro atoms. The highest BCUT2D eigenvalue weighted by Crippen LogP contribution is 2.01. The zero-order valence-corrected chi connectivity index (χ0v) is 14.7. The summed E-state index contributed by atoms with van der Waals surface area (Å²) in [4.78, 5) is 31.6. The van der Waals surface area contributed by atoms with Crippen molar-refractivity contribution in [1.82, 2.24) is 20.8 Å². The highest BCUT2D eigenvalue weighted by Gasteiger charge is 2.04. The lowest BCUT2D eigenvalue weighted by molar-refractivity contribution is 0.0942. The molecule has 0 radical (unpaired) electrons. The normalized spacial score (nSPS) is 10.9. The van der Waals surface area contributed by atoms with Crippen molar-refractivity contribution in [2.24, 2.45) is 10.2 Å². The number of benzene rings is 1. The molecule has 0 fully saturated rings. The Balaban J connectivity index is 1.56. The first-order chi connectivity index (χ1) is 13.7. The average Bonchev–Trinajstić information content (AvgIpc) is 2.75. The van der Waals surface area contributed by atoms with E-state index in [0.717, 1.165) is 11.1 Å². The molecule has 138 valence electrons. The molecular weight excluding hydrogens is 356 g/mol. The van der Waals surface area contributed by atoms with Crippen LogP contribution in [0.2, 0.25) is 0 Å². The highest BCUT2D eigenvalue weighted by atomic mass is 16.2. The molecule has 8 heteroatoms. The minimum atomic E-state index is -0.396. The number of hydrogen-bond acceptors (Lipinski definition) is 6. The van der Waals surface area contributed by atoms with Crippen LogP contribution in [0.4, 0.5) is 0 Å². The van der Waals surface area contributed by atoms with Crippen LogP contribution in [0.25, 0.3) is 0 Å². The second kappa shape index (κ2) is 9.48. The molecule has 2 aromatic heterocycles. The molecule has 1 aromatic carbocycles. The molecule has 2 amide bonds. The monoisotopic (exact) mass is 372 g/mol. The predicted molar refractivity (Wildman–Crippen MR) is 105 cm³/mol. The van der Waals surface area contributed by atoms with Crippen molar-refractivity contribution in [2.75, 3.05) is 0 Å². The molecule has 3 rings (SSSR count). The topological polar surface area (TPSA) is 109 Å². The smallest absolute Gasteiger partial charge is 0.266 e. The minimum Gasteiger partial charge on any atom is -0.266 e. The van der Waals surface area contributed by atoms with E-state index in [2.05, 4.69) is 31.0 Å². The van der Waals surface area contributed by atoms with E-state index in [4.69, 9.17) is 0 Å². The maximum Gasteiger partial charge on any atom is 0.289 e. The second-order valence-corrected chi connectivity index (χ2v) is 5.50. The Bertz CT molecular complexity index is 925. The Morgan fingerprint density at radius 2 is 1.21 bits per heavy atom. The number of carbonyl (C=O) groups is 2. The lowest BCUT2D eigenvalue weighted by atomic mass is 10.1. The summed E-state index contributed by atoms with van der Waals surface area (Å²) < 4.78 is 0. The van der Waals surface area contributed by atoms with E-state index in [1.165, 1.54) is 24.8 Å². The van der Waals surface area contributed by atoms with Gasteiger partial charge in [0, 0.05) is 12.4 Å². The van der Waals surface area contributed by atoms with Gasteiger partial charge < -0.3 is 0 Å². The van der Waals surface area contributed by atoms with Gasteiger partial charge in [0.25, 0.3) is 11.8 Å². The molecule has 2 N–H and O–H groups in total. The zero-order valence-electron chi connectivity index (χ0n) is 14.7. The van der Waals surface area contributed by atoms with Gasteiger partial charge in [0.1, 0.15) is 11.4 Å². The van der Waals surface area contributed by atoms with Crippen LogP contribution < -0.4 is 10.9 Å². The molecule has 0 saturated heterocycles. The van der Waals surface area contributed by atoms with Crippen LogP contribution in [0.15, 0.2) is 83.3 Å². The van der Waals surface area contributed by atoms with E-state index in [-0.39, 0.29) is 11.4 Å². The van der Waals surface area contributed by atoms with E-state index < -0.39 is 11.8 Å². The molecular formula is C20H16N6O2. The van der Waals surface area contributed by atoms with Crippen molar-refractivity contribution >= 4 is 24.2 Å². The number of nitrogens with zero attached hydrogens (tertiary/aromatic N) is 4. The molecule has 0 saturated carbocycles. The van der Waals surface area contributed by atoms with Crippen molar-refractivity contribution in [3.63, 3.8) is 0 Å². The van der Waals surface area contributed by atoms with Crippen LogP contribution in [-0.2, 0) is 0 Å². The molecule has 3 aromatic rings. The molecule has 28 heavy (non-hydrogen) atoms. The maximum atomic E-state index is 11.9. The van der Waals surface area contributed by atoms with E-state index in [0.29, 0.717) is 0 Å². The number of amides is 2. The van der Waals surface area contributed by atoms with Gasteiger partial charge >= 0.3 is 0 Å². The third-order valence-corrected chi connectivity index (χ3v) is 3.47. The third kappa shape index (κ3) is 5.40. The quantitative estimate of drug-likeness (QED) is 0.509. The van der Waals surface area contributed by atoms with Gasteiger partial charge in [0.05, 0.1) is 12.4 Å². The van der Waals surface area contributed by atoms with E-state index >= 15 is 0 Å². The second-order valence-electron chi connectivity index (χ2n) is 5.50. The average molecular weight is 372 g/mol. The lowest BCUT2D eigenvalue weighted by Crippen LogP contribution is -2.18. The van der Waals surface area contributed by atoms with Gasteiger partial charge in [-0.2, -0.15) is 10.2 Å². The summed E-state index contributed by atoms with van der Waals surface area (Å²) in [5.74, 6) is -0.793. The molecule has 0 unspecified atom stereocenters. The number of hydrogen-bond donors (Lipinski definition) is 2. The third-order valence-electron chi connectivity index (χ3n) is 3.47. The number of carbonyl (C=O) groups excluding carboxylic acids is 2. The van der Waals surface area contributed by atoms with Crippen molar-refractivity contribution in [1.29, 1.82) is 0 Å². The van der Waals surface area contributed by atoms with Gasteiger partial charge in [0.2, 0.25) is 0 Å². The predicted octanol–water partition coefficient (Wildman–Crippen LogP) is 2.00. The highest BCUT2D eigenvalue weighted by molar-refractivity contribution is 5.94. The first-order valence-corrected chi connectivity index (χ1v) is 8.31. The van der Waals surface area contributed by atoms with Gasteiger partial charge in [-0.1, -0.05) is 30.3 Å². The zero-order chi connectivity index (χ0) is 19.6. The Morgan fingerprint density at radius 1 is 0.714 bits per heavy atom. The van der Waals surface area contributed by atoms with Gasteiger partial charge in [-0.05, 0) is 41.5 Å². The van der Waals surface area contributed by atoms with Crippen molar-refractivity contribution < 1.29 is 9.59 Å². The van der Waals surface area contributed by atoms with Crippen LogP contribution in [-0.4, -0.2) is 34.2 Å². The van der Waals surface area contributed by atoms with E-state index in [1.807, 2.05) is 18.2 Å². The number of aromatic nitrogens is 2. The van der Waals surface area contributed by atoms with Crippen molar-refractivity contribution in [2.45, 2.75) is 0 Å². The Kier molecular flexibility index (Phi) is 6.30. The summed E-state index contributed by atoms with van der Waals surface area (Å²) in [6, 6.07) is 17.3. The van der Waals surface area contributed by atoms with Crippen LogP contribution in [0.5, 0.6) is 0 Å². The molecule has 0 aliphatic heterocycles. The number of rotatable bonds is 6. The Morgan fingerprint density at radius 3 is 1.64 bits per heavy atom. The summed E-state index contributed by atoms with van der Waals surface area (Å²) in [7, 11) is 0. The van der Waals surface area contributed by atoms with Crippen LogP contribution in [0, 0.1) is 0 Å². The summed E-state index contributed by atoms with van der Waals surface area (Å²) in [6.45, 7) is 0. The first kappa shape index (κ1) is 18.6. The standard InChI is InChI=1S/C20H16N6O2/c27-19(17-8-1-3-10-21-17)25-23-13-15-6-5-7-16(12-15)14-24-26-20(28)18-9-2-4-11-22-18/h1-14H,(H,25,27)(H,26,28)/b23-13+,24-14+. The van der Waals surface area contributed by atoms with Crippen LogP contribution in [0.3, 0.4) is 0 Å². The molecule has 8 nitrogen and oxygen atoms in total. The van der Waals surface area contributed by atoms with E-state index in [1.54, 1.807) is 42.5 Å². The fourth-order valence-corrected chi connectivity index (χ4v) is 2.16. The van der Waals surface area contributed by atoms with Crippen LogP contribution >= 0.6 is 0 Å². The Labute approximate surface area is 161 Å². The van der Waals surface area contributed by atoms with Crippen LogP contribution in [0.1, 0.15) is 32.1 Å². The molecule has 2 heterocycles. The fraction of sp³-hybridized carbons (Fsp3) is 0. The van der Waals surface area contributed by atoms with Gasteiger partial charge in [-0.15, -0.1) is 0 Å². The molecule has 0 aliphatic carbocycles. The molecule has 0 aliphatic rings.